The van der Waals surface area contributed by atoms with Crippen LogP contribution in [0.15, 0.2) is 0 Å². The van der Waals surface area contributed by atoms with E-state index in [9.17, 15) is 56.7 Å². The van der Waals surface area contributed by atoms with Gasteiger partial charge >= 0.3 is 23.9 Å². The molecule has 176 valence electrons. The molecule has 0 radical (unpaired) electrons. The lowest BCUT2D eigenvalue weighted by Gasteiger charge is -2.35. The number of rotatable bonds is 12. The Kier molecular flexibility index (Phi) is 8.79. The molecule has 0 saturated heterocycles. The quantitative estimate of drug-likeness (QED) is 0.345. The van der Waals surface area contributed by atoms with E-state index in [1.807, 2.05) is 4.72 Å². The van der Waals surface area contributed by atoms with E-state index in [-0.39, 0.29) is 13.0 Å². The minimum absolute atomic E-state index is 0.224. The van der Waals surface area contributed by atoms with Crippen LogP contribution in [0.4, 0.5) is 48.3 Å². The molecule has 0 atom stereocenters. The van der Waals surface area contributed by atoms with Gasteiger partial charge in [-0.05, 0) is 27.1 Å². The second-order valence-corrected chi connectivity index (χ2v) is 8.43. The van der Waals surface area contributed by atoms with Crippen LogP contribution >= 0.6 is 0 Å². The predicted octanol–water partition coefficient (Wildman–Crippen LogP) is 3.74. The van der Waals surface area contributed by atoms with Crippen LogP contribution in [0.25, 0.3) is 0 Å². The van der Waals surface area contributed by atoms with Gasteiger partial charge < -0.3 is 4.90 Å². The molecule has 0 aromatic rings. The number of hydrogen-bond acceptors (Lipinski definition) is 3. The first-order valence-electron chi connectivity index (χ1n) is 7.78. The fourth-order valence-electron chi connectivity index (χ4n) is 1.91. The summed E-state index contributed by atoms with van der Waals surface area (Å²) in [6, 6.07) is 0. The summed E-state index contributed by atoms with van der Waals surface area (Å²) in [5, 5.41) is 0. The molecule has 0 aliphatic heterocycles. The maximum absolute atomic E-state index is 13.5. The van der Waals surface area contributed by atoms with Gasteiger partial charge in [0.25, 0.3) is 5.92 Å². The molecule has 0 rings (SSSR count). The number of sulfonamides is 1. The number of halogens is 11. The van der Waals surface area contributed by atoms with Crippen LogP contribution in [-0.2, 0) is 10.0 Å². The van der Waals surface area contributed by atoms with E-state index < -0.39 is 58.5 Å². The molecule has 29 heavy (non-hydrogen) atoms. The standard InChI is InChI=1S/C13H19F11N2O2S/c1-26(2)6-3-5-25-29(27,28)7-4-9(14,15)8-10(16,17)11(18,19)12(20,21)13(22,23)24/h25H,3-8H2,1-2H3. The second kappa shape index (κ2) is 9.08. The van der Waals surface area contributed by atoms with E-state index in [4.69, 9.17) is 0 Å². The first-order chi connectivity index (χ1) is 12.6. The van der Waals surface area contributed by atoms with E-state index in [2.05, 4.69) is 0 Å². The van der Waals surface area contributed by atoms with Gasteiger partial charge in [0.15, 0.2) is 0 Å². The number of alkyl halides is 11. The predicted molar refractivity (Wildman–Crippen MR) is 80.0 cm³/mol. The number of hydrogen-bond donors (Lipinski definition) is 1. The van der Waals surface area contributed by atoms with Gasteiger partial charge in [-0.15, -0.1) is 0 Å². The lowest BCUT2D eigenvalue weighted by atomic mass is 9.97. The zero-order valence-electron chi connectivity index (χ0n) is 15.1. The van der Waals surface area contributed by atoms with Gasteiger partial charge in [-0.3, -0.25) is 0 Å². The van der Waals surface area contributed by atoms with Crippen LogP contribution < -0.4 is 4.72 Å². The zero-order chi connectivity index (χ0) is 23.5. The Balaban J connectivity index is 5.11. The van der Waals surface area contributed by atoms with Gasteiger partial charge in [0.2, 0.25) is 10.0 Å². The third-order valence-electron chi connectivity index (χ3n) is 3.53. The number of nitrogens with zero attached hydrogens (tertiary/aromatic N) is 1. The molecule has 16 heteroatoms. The largest absolute Gasteiger partial charge is 0.460 e. The van der Waals surface area contributed by atoms with Gasteiger partial charge in [0.05, 0.1) is 12.2 Å². The molecule has 0 aliphatic carbocycles. The Morgan fingerprint density at radius 2 is 1.31 bits per heavy atom. The fourth-order valence-corrected chi connectivity index (χ4v) is 3.08. The first-order valence-corrected chi connectivity index (χ1v) is 9.43. The summed E-state index contributed by atoms with van der Waals surface area (Å²) in [5.74, 6) is -27.5. The molecule has 4 nitrogen and oxygen atoms in total. The molecule has 0 aromatic carbocycles. The molecule has 0 spiro atoms. The van der Waals surface area contributed by atoms with Crippen molar-refractivity contribution in [1.82, 2.24) is 9.62 Å². The molecule has 0 amide bonds. The second-order valence-electron chi connectivity index (χ2n) is 6.50. The molecule has 0 saturated carbocycles. The molecule has 0 bridgehead atoms. The summed E-state index contributed by atoms with van der Waals surface area (Å²) >= 11 is 0. The van der Waals surface area contributed by atoms with Crippen molar-refractivity contribution in [3.8, 4) is 0 Å². The minimum atomic E-state index is -7.29. The SMILES string of the molecule is CN(C)CCCNS(=O)(=O)CCC(F)(F)CC(F)(F)C(F)(F)C(F)(F)C(F)(F)F. The first kappa shape index (κ1) is 28.1. The Morgan fingerprint density at radius 3 is 1.72 bits per heavy atom. The van der Waals surface area contributed by atoms with Crippen LogP contribution in [0, 0.1) is 0 Å². The highest BCUT2D eigenvalue weighted by atomic mass is 32.2. The maximum Gasteiger partial charge on any atom is 0.460 e. The fraction of sp³-hybridized carbons (Fsp3) is 1.00. The average molecular weight is 476 g/mol. The van der Waals surface area contributed by atoms with Crippen LogP contribution in [0.1, 0.15) is 19.3 Å². The van der Waals surface area contributed by atoms with Crippen molar-refractivity contribution in [2.45, 2.75) is 49.1 Å². The highest BCUT2D eigenvalue weighted by molar-refractivity contribution is 7.89. The van der Waals surface area contributed by atoms with Crippen molar-refractivity contribution in [1.29, 1.82) is 0 Å². The van der Waals surface area contributed by atoms with Crippen molar-refractivity contribution in [3.05, 3.63) is 0 Å². The van der Waals surface area contributed by atoms with E-state index in [0.29, 0.717) is 6.54 Å². The van der Waals surface area contributed by atoms with Crippen molar-refractivity contribution in [2.24, 2.45) is 0 Å². The molecule has 0 unspecified atom stereocenters. The van der Waals surface area contributed by atoms with Crippen LogP contribution in [0.2, 0.25) is 0 Å². The Labute approximate surface area is 159 Å². The van der Waals surface area contributed by atoms with Crippen molar-refractivity contribution >= 4 is 10.0 Å². The molecule has 0 heterocycles. The summed E-state index contributed by atoms with van der Waals surface area (Å²) in [5.41, 5.74) is 0. The number of nitrogens with one attached hydrogen (secondary N) is 1. The lowest BCUT2D eigenvalue weighted by Crippen LogP contribution is -2.61. The molecule has 0 aromatic heterocycles. The summed E-state index contributed by atoms with van der Waals surface area (Å²) in [4.78, 5) is 1.65. The van der Waals surface area contributed by atoms with Gasteiger partial charge in [-0.2, -0.15) is 39.5 Å². The summed E-state index contributed by atoms with van der Waals surface area (Å²) in [6.45, 7) is 0.172. The van der Waals surface area contributed by atoms with E-state index >= 15 is 0 Å². The Morgan fingerprint density at radius 1 is 0.828 bits per heavy atom. The average Bonchev–Trinajstić information content (AvgIpc) is 2.47. The van der Waals surface area contributed by atoms with Gasteiger partial charge in [-0.1, -0.05) is 0 Å². The summed E-state index contributed by atoms with van der Waals surface area (Å²) in [6.07, 6.45) is -12.3. The van der Waals surface area contributed by atoms with Crippen molar-refractivity contribution in [3.63, 3.8) is 0 Å². The van der Waals surface area contributed by atoms with Crippen LogP contribution in [-0.4, -0.2) is 76.1 Å². The van der Waals surface area contributed by atoms with Crippen LogP contribution in [0.5, 0.6) is 0 Å². The lowest BCUT2D eigenvalue weighted by molar-refractivity contribution is -0.400. The van der Waals surface area contributed by atoms with Crippen LogP contribution in [0.3, 0.4) is 0 Å². The molecule has 1 N–H and O–H groups in total. The highest BCUT2D eigenvalue weighted by Crippen LogP contribution is 2.55. The highest BCUT2D eigenvalue weighted by Gasteiger charge is 2.82. The Hall–Kier alpha value is -0.900. The van der Waals surface area contributed by atoms with Gasteiger partial charge in [0.1, 0.15) is 0 Å². The normalized spacial score (nSPS) is 15.2. The van der Waals surface area contributed by atoms with E-state index in [0.717, 1.165) is 0 Å². The van der Waals surface area contributed by atoms with E-state index in [1.165, 1.54) is 0 Å². The molecular formula is C13H19F11N2O2S. The zero-order valence-corrected chi connectivity index (χ0v) is 15.9. The molecule has 0 fully saturated rings. The third-order valence-corrected chi connectivity index (χ3v) is 4.92. The maximum atomic E-state index is 13.5. The summed E-state index contributed by atoms with van der Waals surface area (Å²) < 4.78 is 166. The minimum Gasteiger partial charge on any atom is -0.309 e. The molecule has 0 aliphatic rings. The molecular weight excluding hydrogens is 457 g/mol. The summed E-state index contributed by atoms with van der Waals surface area (Å²) in [7, 11) is -1.17. The van der Waals surface area contributed by atoms with Gasteiger partial charge in [-0.25, -0.2) is 21.9 Å². The topological polar surface area (TPSA) is 49.4 Å². The third kappa shape index (κ3) is 7.70. The monoisotopic (exact) mass is 476 g/mol. The van der Waals surface area contributed by atoms with Gasteiger partial charge in [0, 0.05) is 13.0 Å². The van der Waals surface area contributed by atoms with Crippen molar-refractivity contribution in [2.75, 3.05) is 32.9 Å². The van der Waals surface area contributed by atoms with E-state index in [1.54, 1.807) is 19.0 Å². The smallest absolute Gasteiger partial charge is 0.309 e. The van der Waals surface area contributed by atoms with Crippen molar-refractivity contribution < 1.29 is 56.7 Å². The Bertz CT molecular complexity index is 633.